The van der Waals surface area contributed by atoms with Gasteiger partial charge in [0.25, 0.3) is 0 Å². The van der Waals surface area contributed by atoms with Crippen molar-refractivity contribution in [3.63, 3.8) is 0 Å². The van der Waals surface area contributed by atoms with Gasteiger partial charge in [-0.15, -0.1) is 0 Å². The first-order chi connectivity index (χ1) is 6.69. The Labute approximate surface area is 128 Å². The second-order valence-corrected chi connectivity index (χ2v) is 3.30. The van der Waals surface area contributed by atoms with E-state index in [1.54, 1.807) is 0 Å². The summed E-state index contributed by atoms with van der Waals surface area (Å²) in [5.74, 6) is 0. The van der Waals surface area contributed by atoms with Gasteiger partial charge in [-0.05, 0) is 32.7 Å². The van der Waals surface area contributed by atoms with Crippen LogP contribution in [0.5, 0.6) is 0 Å². The van der Waals surface area contributed by atoms with Crippen LogP contribution in [0.2, 0.25) is 0 Å². The number of nitrogens with zero attached hydrogens (tertiary/aromatic N) is 1. The molecule has 0 heterocycles. The molecule has 0 aliphatic heterocycles. The van der Waals surface area contributed by atoms with E-state index in [1.807, 2.05) is 14.1 Å². The molecule has 2 nitrogen and oxygen atoms in total. The Morgan fingerprint density at radius 1 is 1.12 bits per heavy atom. The summed E-state index contributed by atoms with van der Waals surface area (Å²) in [6.45, 7) is 8.66. The molecule has 0 amide bonds. The third-order valence-electron chi connectivity index (χ3n) is 2.53. The normalized spacial score (nSPS) is 8.19. The van der Waals surface area contributed by atoms with Crippen LogP contribution in [0.4, 0.5) is 0 Å². The van der Waals surface area contributed by atoms with Gasteiger partial charge < -0.3 is 6.74 Å². The van der Waals surface area contributed by atoms with Crippen LogP contribution in [0.1, 0.15) is 54.8 Å². The van der Waals surface area contributed by atoms with E-state index in [2.05, 4.69) is 38.0 Å². The van der Waals surface area contributed by atoms with Gasteiger partial charge in [-0.2, -0.15) is 0 Å². The Bertz CT molecular complexity index is 131. The third-order valence-corrected chi connectivity index (χ3v) is 2.53. The van der Waals surface area contributed by atoms with Crippen LogP contribution in [0, 0.1) is 0 Å². The van der Waals surface area contributed by atoms with Gasteiger partial charge in [-0.1, -0.05) is 27.7 Å². The Balaban J connectivity index is -0.0000000480. The molecule has 0 saturated carbocycles. The van der Waals surface area contributed by atoms with E-state index in [4.69, 9.17) is 0 Å². The zero-order chi connectivity index (χ0) is 11.4. The Kier molecular flexibility index (Phi) is 33.5. The van der Waals surface area contributed by atoms with Crippen LogP contribution in [-0.2, 0) is 0 Å². The van der Waals surface area contributed by atoms with Gasteiger partial charge in [0.2, 0.25) is 0 Å². The average molecular weight is 235 g/mol. The van der Waals surface area contributed by atoms with Crippen molar-refractivity contribution in [3.8, 4) is 0 Å². The minimum Gasteiger partial charge on any atom is -1.00 e. The number of nitrogens with one attached hydrogen (secondary N) is 1. The summed E-state index contributed by atoms with van der Waals surface area (Å²) in [6.07, 6.45) is 4.69. The maximum absolute atomic E-state index is 4.04. The number of rotatable bonds is 5. The quantitative estimate of drug-likeness (QED) is 0.526. The average Bonchev–Trinajstić information content (AvgIpc) is 2.24. The smallest absolute Gasteiger partial charge is 1.00 e. The number of aliphatic imine (C=N–C) groups is 1. The largest absolute Gasteiger partial charge is 1.00 e. The fraction of sp³-hybridized carbons (Fsp3) is 0.917. The predicted octanol–water partition coefficient (Wildman–Crippen LogP) is 0.00730. The second-order valence-electron chi connectivity index (χ2n) is 3.30. The molecule has 4 heteroatoms. The van der Waals surface area contributed by atoms with Crippen LogP contribution in [0.15, 0.2) is 4.99 Å². The molecular formula is C12H29BN2Na. The van der Waals surface area contributed by atoms with E-state index in [9.17, 15) is 0 Å². The molecule has 0 bridgehead atoms. The molecular weight excluding hydrogens is 206 g/mol. The SMILES string of the molecule is CCC(CC)=NC.CCC(CC)NC.[B].[H-].[Na+]. The molecule has 1 N–H and O–H groups in total. The van der Waals surface area contributed by atoms with E-state index in [0.29, 0.717) is 0 Å². The molecule has 16 heavy (non-hydrogen) atoms. The first kappa shape index (κ1) is 25.5. The molecule has 0 rings (SSSR count). The van der Waals surface area contributed by atoms with Crippen molar-refractivity contribution in [2.75, 3.05) is 14.1 Å². The molecule has 91 valence electrons. The van der Waals surface area contributed by atoms with Gasteiger partial charge in [0.15, 0.2) is 0 Å². The molecule has 0 aromatic carbocycles. The molecule has 3 radical (unpaired) electrons. The third kappa shape index (κ3) is 17.1. The van der Waals surface area contributed by atoms with Gasteiger partial charge >= 0.3 is 29.6 Å². The van der Waals surface area contributed by atoms with Crippen molar-refractivity contribution in [1.29, 1.82) is 0 Å². The summed E-state index contributed by atoms with van der Waals surface area (Å²) in [5, 5.41) is 3.20. The van der Waals surface area contributed by atoms with Crippen LogP contribution >= 0.6 is 0 Å². The van der Waals surface area contributed by atoms with E-state index in [-0.39, 0.29) is 39.4 Å². The van der Waals surface area contributed by atoms with E-state index in [0.717, 1.165) is 18.9 Å². The summed E-state index contributed by atoms with van der Waals surface area (Å²) in [4.78, 5) is 4.04. The Morgan fingerprint density at radius 2 is 1.50 bits per heavy atom. The van der Waals surface area contributed by atoms with Crippen molar-refractivity contribution in [2.45, 2.75) is 59.4 Å². The molecule has 0 unspecified atom stereocenters. The maximum atomic E-state index is 4.04. The Morgan fingerprint density at radius 3 is 1.50 bits per heavy atom. The Hall–Kier alpha value is 0.695. The maximum Gasteiger partial charge on any atom is 1.00 e. The van der Waals surface area contributed by atoms with Crippen LogP contribution in [0.3, 0.4) is 0 Å². The summed E-state index contributed by atoms with van der Waals surface area (Å²) in [6, 6.07) is 0.736. The summed E-state index contributed by atoms with van der Waals surface area (Å²) in [5.41, 5.74) is 1.31. The molecule has 0 aliphatic carbocycles. The second kappa shape index (κ2) is 21.0. The monoisotopic (exact) mass is 235 g/mol. The number of hydrogen-bond acceptors (Lipinski definition) is 2. The van der Waals surface area contributed by atoms with Crippen LogP contribution in [-0.4, -0.2) is 34.3 Å². The molecule has 0 spiro atoms. The summed E-state index contributed by atoms with van der Waals surface area (Å²) < 4.78 is 0. The van der Waals surface area contributed by atoms with Gasteiger partial charge in [-0.25, -0.2) is 0 Å². The zero-order valence-corrected chi connectivity index (χ0v) is 14.4. The van der Waals surface area contributed by atoms with Crippen molar-refractivity contribution in [3.05, 3.63) is 0 Å². The zero-order valence-electron chi connectivity index (χ0n) is 13.4. The first-order valence-corrected chi connectivity index (χ1v) is 5.81. The van der Waals surface area contributed by atoms with Crippen molar-refractivity contribution >= 4 is 14.1 Å². The minimum absolute atomic E-state index is 0. The molecule has 0 saturated heterocycles. The van der Waals surface area contributed by atoms with Gasteiger partial charge in [0, 0.05) is 27.2 Å². The number of hydrogen-bond donors (Lipinski definition) is 1. The molecule has 0 aliphatic rings. The fourth-order valence-electron chi connectivity index (χ4n) is 1.26. The van der Waals surface area contributed by atoms with E-state index in [1.165, 1.54) is 18.6 Å². The fourth-order valence-corrected chi connectivity index (χ4v) is 1.26. The standard InChI is InChI=1S/C6H15N.C6H13N.B.Na.H/c2*1-4-6(5-2)7-3;;;/h6-7H,4-5H2,1-3H3;4-5H2,1-3H3;;;/q;;;+1;-1. The summed E-state index contributed by atoms with van der Waals surface area (Å²) >= 11 is 0. The van der Waals surface area contributed by atoms with Crippen LogP contribution in [0.25, 0.3) is 0 Å². The summed E-state index contributed by atoms with van der Waals surface area (Å²) in [7, 11) is 3.86. The van der Waals surface area contributed by atoms with Crippen molar-refractivity contribution < 1.29 is 31.0 Å². The van der Waals surface area contributed by atoms with E-state index >= 15 is 0 Å². The topological polar surface area (TPSA) is 24.4 Å². The molecule has 0 aromatic rings. The first-order valence-electron chi connectivity index (χ1n) is 5.81. The van der Waals surface area contributed by atoms with Gasteiger partial charge in [0.1, 0.15) is 0 Å². The van der Waals surface area contributed by atoms with Gasteiger partial charge in [-0.3, -0.25) is 4.99 Å². The van der Waals surface area contributed by atoms with Crippen molar-refractivity contribution in [2.24, 2.45) is 4.99 Å². The van der Waals surface area contributed by atoms with E-state index < -0.39 is 0 Å². The minimum atomic E-state index is 0. The predicted molar refractivity (Wildman–Crippen MR) is 74.2 cm³/mol. The molecule has 0 fully saturated rings. The van der Waals surface area contributed by atoms with Gasteiger partial charge in [0.05, 0.1) is 0 Å². The van der Waals surface area contributed by atoms with Crippen molar-refractivity contribution in [1.82, 2.24) is 5.32 Å². The van der Waals surface area contributed by atoms with Crippen LogP contribution < -0.4 is 34.9 Å². The molecule has 0 aromatic heterocycles. The molecule has 0 atom stereocenters.